The van der Waals surface area contributed by atoms with Crippen LogP contribution in [0.2, 0.25) is 31.4 Å². The number of hydrogen-bond donors (Lipinski definition) is 2. The summed E-state index contributed by atoms with van der Waals surface area (Å²) in [4.78, 5) is 26.6. The van der Waals surface area contributed by atoms with Crippen molar-refractivity contribution < 1.29 is 14.0 Å². The first-order valence-electron chi connectivity index (χ1n) is 16.8. The number of carbonyl (C=O) groups excluding carboxylic acids is 2. The normalized spacial score (nSPS) is 15.2. The number of halogens is 1. The second kappa shape index (κ2) is 20.5. The third-order valence-electron chi connectivity index (χ3n) is 8.76. The van der Waals surface area contributed by atoms with Gasteiger partial charge in [-0.3, -0.25) is 0 Å². The Morgan fingerprint density at radius 3 is 1.84 bits per heavy atom. The van der Waals surface area contributed by atoms with Crippen molar-refractivity contribution in [2.75, 3.05) is 0 Å². The minimum absolute atomic E-state index is 0.0225. The van der Waals surface area contributed by atoms with Crippen molar-refractivity contribution in [3.63, 3.8) is 0 Å². The van der Waals surface area contributed by atoms with E-state index < -0.39 is 38.2 Å². The maximum atomic E-state index is 13.3. The molecule has 0 heterocycles. The standard InChI is InChI=1S/C23H40ClN2O3Si.3C4H9.Sn/c1-11-19(27)26-20(22(3,4)5)21(28)25-16-12-13-18(15-14-17(2)24)29-30(9,10)23(6,7)8;3*1-3-4-2;/h1,11-12,14,16,18,20H,13,15H2,2-10H3,(H,25,28)(H,26,27);3*1,3-4H2,2H3;/b11-1?,16-12-,17-14+;;;;/t18-,20-;;;;/m1..../s1. The molecule has 0 aliphatic rings. The Labute approximate surface area is 276 Å². The Kier molecular flexibility index (Phi) is 20.3. The number of rotatable bonds is 20. The molecule has 0 fully saturated rings. The first kappa shape index (κ1) is 42.4. The monoisotopic (exact) mass is 746 g/mol. The zero-order valence-electron chi connectivity index (χ0n) is 29.9. The number of amides is 2. The fraction of sp³-hybridized carbons (Fsp3) is 0.771. The van der Waals surface area contributed by atoms with Crippen molar-refractivity contribution in [1.29, 1.82) is 0 Å². The number of hydrogen-bond acceptors (Lipinski definition) is 3. The van der Waals surface area contributed by atoms with Crippen LogP contribution in [0.3, 0.4) is 0 Å². The molecule has 8 heteroatoms. The zero-order chi connectivity index (χ0) is 33.3. The van der Waals surface area contributed by atoms with Crippen molar-refractivity contribution in [3.8, 4) is 0 Å². The molecule has 2 atom stereocenters. The quantitative estimate of drug-likeness (QED) is 0.0963. The third kappa shape index (κ3) is 17.6. The van der Waals surface area contributed by atoms with Gasteiger partial charge in [0.25, 0.3) is 0 Å². The van der Waals surface area contributed by atoms with Crippen LogP contribution in [0.5, 0.6) is 0 Å². The Morgan fingerprint density at radius 2 is 1.42 bits per heavy atom. The van der Waals surface area contributed by atoms with Crippen LogP contribution in [0.25, 0.3) is 0 Å². The average molecular weight is 746 g/mol. The Bertz CT molecular complexity index is 893. The van der Waals surface area contributed by atoms with Gasteiger partial charge in [0.05, 0.1) is 0 Å². The van der Waals surface area contributed by atoms with Gasteiger partial charge in [-0.1, -0.05) is 38.4 Å². The van der Waals surface area contributed by atoms with Gasteiger partial charge in [0, 0.05) is 5.03 Å². The number of allylic oxidation sites excluding steroid dienone is 1. The van der Waals surface area contributed by atoms with Crippen LogP contribution in [0.1, 0.15) is 121 Å². The second-order valence-corrected chi connectivity index (χ2v) is 33.3. The molecular formula is C35H67ClN2O3SiSn. The summed E-state index contributed by atoms with van der Waals surface area (Å²) < 4.78 is 12.9. The molecule has 0 saturated heterocycles. The van der Waals surface area contributed by atoms with E-state index in [1.54, 1.807) is 12.3 Å². The van der Waals surface area contributed by atoms with Gasteiger partial charge in [-0.15, -0.1) is 0 Å². The summed E-state index contributed by atoms with van der Waals surface area (Å²) in [6.07, 6.45) is 16.1. The summed E-state index contributed by atoms with van der Waals surface area (Å²) in [6, 6.07) is -0.651. The van der Waals surface area contributed by atoms with Gasteiger partial charge in [0.1, 0.15) is 0 Å². The van der Waals surface area contributed by atoms with Crippen LogP contribution in [-0.4, -0.2) is 50.7 Å². The van der Waals surface area contributed by atoms with Crippen molar-refractivity contribution in [3.05, 3.63) is 33.6 Å². The predicted molar refractivity (Wildman–Crippen MR) is 194 cm³/mol. The van der Waals surface area contributed by atoms with Gasteiger partial charge in [-0.25, -0.2) is 0 Å². The van der Waals surface area contributed by atoms with Gasteiger partial charge >= 0.3 is 201 Å². The molecule has 250 valence electrons. The summed E-state index contributed by atoms with van der Waals surface area (Å²) in [5.41, 5.74) is -0.439. The van der Waals surface area contributed by atoms with Crippen molar-refractivity contribution >= 4 is 50.1 Å². The fourth-order valence-corrected chi connectivity index (χ4v) is 20.4. The van der Waals surface area contributed by atoms with E-state index in [-0.39, 0.29) is 23.0 Å². The molecular weight excluding hydrogens is 679 g/mol. The molecule has 0 aromatic carbocycles. The molecule has 0 aliphatic heterocycles. The van der Waals surface area contributed by atoms with Crippen LogP contribution < -0.4 is 10.6 Å². The van der Waals surface area contributed by atoms with E-state index in [1.807, 2.05) is 39.8 Å². The Hall–Kier alpha value is -0.574. The molecule has 0 aromatic rings. The first-order chi connectivity index (χ1) is 19.8. The van der Waals surface area contributed by atoms with E-state index >= 15 is 0 Å². The predicted octanol–water partition coefficient (Wildman–Crippen LogP) is 10.4. The van der Waals surface area contributed by atoms with E-state index in [1.165, 1.54) is 51.8 Å². The maximum absolute atomic E-state index is 13.3. The molecule has 0 rings (SSSR count). The van der Waals surface area contributed by atoms with E-state index in [2.05, 4.69) is 69.4 Å². The molecule has 0 saturated carbocycles. The average Bonchev–Trinajstić information content (AvgIpc) is 2.90. The van der Waals surface area contributed by atoms with Crippen molar-refractivity contribution in [1.82, 2.24) is 10.6 Å². The molecule has 0 unspecified atom stereocenters. The van der Waals surface area contributed by atoms with Gasteiger partial charge in [0.15, 0.2) is 8.32 Å². The summed E-state index contributed by atoms with van der Waals surface area (Å²) in [7, 11) is -1.97. The van der Waals surface area contributed by atoms with Crippen LogP contribution >= 0.6 is 11.6 Å². The molecule has 2 N–H and O–H groups in total. The summed E-state index contributed by atoms with van der Waals surface area (Å²) in [6.45, 7) is 25.8. The first-order valence-corrected chi connectivity index (χ1v) is 27.8. The molecule has 0 aromatic heterocycles. The molecule has 5 nitrogen and oxygen atoms in total. The van der Waals surface area contributed by atoms with E-state index in [4.69, 9.17) is 16.0 Å². The fourth-order valence-electron chi connectivity index (χ4n) is 4.85. The van der Waals surface area contributed by atoms with E-state index in [9.17, 15) is 9.59 Å². The van der Waals surface area contributed by atoms with Crippen LogP contribution in [0.15, 0.2) is 33.6 Å². The third-order valence-corrected chi connectivity index (χ3v) is 27.5. The van der Waals surface area contributed by atoms with Crippen LogP contribution in [0.4, 0.5) is 0 Å². The Morgan fingerprint density at radius 1 is 0.907 bits per heavy atom. The molecule has 0 spiro atoms. The van der Waals surface area contributed by atoms with Gasteiger partial charge in [0.2, 0.25) is 0 Å². The summed E-state index contributed by atoms with van der Waals surface area (Å²) in [5.74, 6) is -0.364. The number of unbranched alkanes of at least 4 members (excludes halogenated alkanes) is 3. The van der Waals surface area contributed by atoms with Crippen LogP contribution in [0, 0.1) is 5.41 Å². The van der Waals surface area contributed by atoms with Gasteiger partial charge < -0.3 is 0 Å². The summed E-state index contributed by atoms with van der Waals surface area (Å²) in [5, 5.41) is 6.83. The molecule has 0 radical (unpaired) electrons. The van der Waals surface area contributed by atoms with Crippen molar-refractivity contribution in [2.45, 2.75) is 164 Å². The molecule has 0 aliphatic carbocycles. The van der Waals surface area contributed by atoms with E-state index in [0.29, 0.717) is 12.8 Å². The molecule has 0 bridgehead atoms. The molecule has 43 heavy (non-hydrogen) atoms. The SMILES string of the molecule is CCC[CH2][Sn](/[CH]=C\C(=O)N[C@H](C(=O)N/C=C\C[C@H](C/C=C(\C)Cl)O[Si](C)(C)C(C)(C)C)C(C)(C)C)([CH2]CCC)[CH2]CCC. The summed E-state index contributed by atoms with van der Waals surface area (Å²) >= 11 is 3.53. The van der Waals surface area contributed by atoms with E-state index in [0.717, 1.165) is 5.03 Å². The molecule has 2 amide bonds. The Balaban J connectivity index is 5.65. The second-order valence-electron chi connectivity index (χ2n) is 15.0. The minimum atomic E-state index is -2.59. The number of nitrogens with one attached hydrogen (secondary N) is 2. The zero-order valence-corrected chi connectivity index (χ0v) is 34.5. The van der Waals surface area contributed by atoms with Crippen molar-refractivity contribution in [2.24, 2.45) is 5.41 Å². The number of carbonyl (C=O) groups is 2. The van der Waals surface area contributed by atoms with Crippen LogP contribution in [-0.2, 0) is 14.0 Å². The topological polar surface area (TPSA) is 67.4 Å². The van der Waals surface area contributed by atoms with Gasteiger partial charge in [-0.05, 0) is 25.1 Å². The van der Waals surface area contributed by atoms with Gasteiger partial charge in [-0.2, -0.15) is 0 Å².